The molecule has 0 spiro atoms. The molecular weight excluding hydrogens is 273 g/mol. The number of amides is 1. The Morgan fingerprint density at radius 3 is 2.50 bits per heavy atom. The Hall–Kier alpha value is -0.930. The van der Waals surface area contributed by atoms with Gasteiger partial charge in [0.25, 0.3) is 5.91 Å². The Balaban J connectivity index is 2.77. The van der Waals surface area contributed by atoms with E-state index in [9.17, 15) is 4.79 Å². The van der Waals surface area contributed by atoms with Crippen LogP contribution in [-0.4, -0.2) is 30.0 Å². The first kappa shape index (κ1) is 15.1. The zero-order valence-corrected chi connectivity index (χ0v) is 12.3. The van der Waals surface area contributed by atoms with E-state index in [1.807, 2.05) is 13.8 Å². The summed E-state index contributed by atoms with van der Waals surface area (Å²) < 4.78 is 5.56. The van der Waals surface area contributed by atoms with Gasteiger partial charge in [-0.15, -0.1) is 0 Å². The standard InChI is InChI=1S/C13H17Cl2NO2/c1-4-16(5-2)13(17)9(3)18-12-8-10(14)6-7-11(12)15/h6-9H,4-5H2,1-3H3/t9-/m0/s1. The third-order valence-corrected chi connectivity index (χ3v) is 3.17. The minimum Gasteiger partial charge on any atom is -0.479 e. The second kappa shape index (κ2) is 6.86. The monoisotopic (exact) mass is 289 g/mol. The smallest absolute Gasteiger partial charge is 0.263 e. The number of benzene rings is 1. The molecule has 1 atom stereocenters. The highest BCUT2D eigenvalue weighted by Crippen LogP contribution is 2.28. The Bertz CT molecular complexity index is 419. The van der Waals surface area contributed by atoms with Crippen molar-refractivity contribution < 1.29 is 9.53 Å². The number of likely N-dealkylation sites (N-methyl/N-ethyl adjacent to an activating group) is 1. The molecule has 1 amide bonds. The van der Waals surface area contributed by atoms with Gasteiger partial charge < -0.3 is 9.64 Å². The van der Waals surface area contributed by atoms with Gasteiger partial charge >= 0.3 is 0 Å². The molecule has 0 heterocycles. The predicted octanol–water partition coefficient (Wildman–Crippen LogP) is 3.63. The Morgan fingerprint density at radius 1 is 1.33 bits per heavy atom. The van der Waals surface area contributed by atoms with Gasteiger partial charge in [-0.3, -0.25) is 4.79 Å². The first-order chi connectivity index (χ1) is 8.49. The summed E-state index contributed by atoms with van der Waals surface area (Å²) in [5, 5.41) is 0.968. The van der Waals surface area contributed by atoms with Gasteiger partial charge in [-0.05, 0) is 32.9 Å². The minimum atomic E-state index is -0.583. The van der Waals surface area contributed by atoms with Crippen LogP contribution in [0.15, 0.2) is 18.2 Å². The third-order valence-electron chi connectivity index (χ3n) is 2.62. The van der Waals surface area contributed by atoms with Gasteiger partial charge in [0, 0.05) is 24.2 Å². The summed E-state index contributed by atoms with van der Waals surface area (Å²) in [6.07, 6.45) is -0.583. The first-order valence-electron chi connectivity index (χ1n) is 5.90. The van der Waals surface area contributed by atoms with Gasteiger partial charge in [-0.2, -0.15) is 0 Å². The maximum atomic E-state index is 12.0. The van der Waals surface area contributed by atoms with E-state index in [0.29, 0.717) is 28.9 Å². The van der Waals surface area contributed by atoms with Crippen LogP contribution >= 0.6 is 23.2 Å². The molecule has 0 radical (unpaired) electrons. The van der Waals surface area contributed by atoms with Crippen LogP contribution in [0.25, 0.3) is 0 Å². The van der Waals surface area contributed by atoms with Crippen molar-refractivity contribution in [2.24, 2.45) is 0 Å². The maximum Gasteiger partial charge on any atom is 0.263 e. The second-order valence-corrected chi connectivity index (χ2v) is 4.69. The number of carbonyl (C=O) groups excluding carboxylic acids is 1. The molecule has 0 aliphatic carbocycles. The molecule has 1 aromatic rings. The van der Waals surface area contributed by atoms with Crippen molar-refractivity contribution in [1.29, 1.82) is 0 Å². The number of nitrogens with zero attached hydrogens (tertiary/aromatic N) is 1. The van der Waals surface area contributed by atoms with Crippen molar-refractivity contribution in [3.8, 4) is 5.75 Å². The molecule has 0 aromatic heterocycles. The zero-order chi connectivity index (χ0) is 13.7. The van der Waals surface area contributed by atoms with E-state index in [1.54, 1.807) is 30.0 Å². The molecule has 0 aliphatic rings. The molecule has 18 heavy (non-hydrogen) atoms. The van der Waals surface area contributed by atoms with E-state index in [1.165, 1.54) is 0 Å². The average molecular weight is 290 g/mol. The van der Waals surface area contributed by atoms with Crippen LogP contribution in [0.3, 0.4) is 0 Å². The summed E-state index contributed by atoms with van der Waals surface area (Å²) in [7, 11) is 0. The first-order valence-corrected chi connectivity index (χ1v) is 6.65. The van der Waals surface area contributed by atoms with Crippen molar-refractivity contribution in [2.45, 2.75) is 26.9 Å². The van der Waals surface area contributed by atoms with Gasteiger partial charge in [-0.1, -0.05) is 23.2 Å². The van der Waals surface area contributed by atoms with Gasteiger partial charge in [0.15, 0.2) is 6.10 Å². The topological polar surface area (TPSA) is 29.5 Å². The van der Waals surface area contributed by atoms with E-state index in [4.69, 9.17) is 27.9 Å². The van der Waals surface area contributed by atoms with Crippen LogP contribution in [0.1, 0.15) is 20.8 Å². The lowest BCUT2D eigenvalue weighted by atomic mass is 10.3. The summed E-state index contributed by atoms with van der Waals surface area (Å²) in [5.74, 6) is 0.369. The fourth-order valence-electron chi connectivity index (χ4n) is 1.60. The summed E-state index contributed by atoms with van der Waals surface area (Å²) in [6, 6.07) is 4.93. The van der Waals surface area contributed by atoms with Crippen LogP contribution in [0.5, 0.6) is 5.75 Å². The zero-order valence-electron chi connectivity index (χ0n) is 10.7. The Morgan fingerprint density at radius 2 is 1.94 bits per heavy atom. The normalized spacial score (nSPS) is 12.1. The second-order valence-electron chi connectivity index (χ2n) is 3.85. The fourth-order valence-corrected chi connectivity index (χ4v) is 1.92. The molecule has 5 heteroatoms. The van der Waals surface area contributed by atoms with Gasteiger partial charge in [0.1, 0.15) is 5.75 Å². The lowest BCUT2D eigenvalue weighted by molar-refractivity contribution is -0.137. The van der Waals surface area contributed by atoms with Crippen LogP contribution in [-0.2, 0) is 4.79 Å². The Labute approximate surface area is 118 Å². The van der Waals surface area contributed by atoms with E-state index < -0.39 is 6.10 Å². The van der Waals surface area contributed by atoms with Crippen molar-refractivity contribution >= 4 is 29.1 Å². The average Bonchev–Trinajstić information content (AvgIpc) is 2.35. The van der Waals surface area contributed by atoms with Crippen LogP contribution in [0, 0.1) is 0 Å². The van der Waals surface area contributed by atoms with E-state index in [-0.39, 0.29) is 5.91 Å². The van der Waals surface area contributed by atoms with Crippen LogP contribution in [0.2, 0.25) is 10.0 Å². The molecule has 0 N–H and O–H groups in total. The van der Waals surface area contributed by atoms with Crippen molar-refractivity contribution in [2.75, 3.05) is 13.1 Å². The summed E-state index contributed by atoms with van der Waals surface area (Å²) >= 11 is 11.8. The number of hydrogen-bond acceptors (Lipinski definition) is 2. The molecule has 0 saturated carbocycles. The SMILES string of the molecule is CCN(CC)C(=O)[C@H](C)Oc1cc(Cl)ccc1Cl. The molecule has 0 fully saturated rings. The highest BCUT2D eigenvalue weighted by Gasteiger charge is 2.20. The molecular formula is C13H17Cl2NO2. The molecule has 100 valence electrons. The van der Waals surface area contributed by atoms with Crippen molar-refractivity contribution in [3.63, 3.8) is 0 Å². The van der Waals surface area contributed by atoms with E-state index >= 15 is 0 Å². The van der Waals surface area contributed by atoms with E-state index in [0.717, 1.165) is 0 Å². The molecule has 0 unspecified atom stereocenters. The van der Waals surface area contributed by atoms with Crippen LogP contribution < -0.4 is 4.74 Å². The van der Waals surface area contributed by atoms with Crippen molar-refractivity contribution in [1.82, 2.24) is 4.90 Å². The number of hydrogen-bond donors (Lipinski definition) is 0. The van der Waals surface area contributed by atoms with Gasteiger partial charge in [-0.25, -0.2) is 0 Å². The fraction of sp³-hybridized carbons (Fsp3) is 0.462. The highest BCUT2D eigenvalue weighted by molar-refractivity contribution is 6.34. The van der Waals surface area contributed by atoms with Crippen LogP contribution in [0.4, 0.5) is 0 Å². The molecule has 1 rings (SSSR count). The van der Waals surface area contributed by atoms with Gasteiger partial charge in [0.05, 0.1) is 5.02 Å². The summed E-state index contributed by atoms with van der Waals surface area (Å²) in [6.45, 7) is 6.89. The number of carbonyl (C=O) groups is 1. The molecule has 1 aromatic carbocycles. The predicted molar refractivity (Wildman–Crippen MR) is 74.5 cm³/mol. The lowest BCUT2D eigenvalue weighted by Gasteiger charge is -2.23. The maximum absolute atomic E-state index is 12.0. The summed E-state index contributed by atoms with van der Waals surface area (Å²) in [5.41, 5.74) is 0. The highest BCUT2D eigenvalue weighted by atomic mass is 35.5. The Kier molecular flexibility index (Phi) is 5.76. The number of halogens is 2. The minimum absolute atomic E-state index is 0.0592. The molecule has 0 bridgehead atoms. The number of rotatable bonds is 5. The van der Waals surface area contributed by atoms with E-state index in [2.05, 4.69) is 0 Å². The molecule has 3 nitrogen and oxygen atoms in total. The van der Waals surface area contributed by atoms with Crippen molar-refractivity contribution in [3.05, 3.63) is 28.2 Å². The molecule has 0 aliphatic heterocycles. The quantitative estimate of drug-likeness (QED) is 0.828. The summed E-state index contributed by atoms with van der Waals surface area (Å²) in [4.78, 5) is 13.7. The lowest BCUT2D eigenvalue weighted by Crippen LogP contribution is -2.40. The molecule has 0 saturated heterocycles. The van der Waals surface area contributed by atoms with Gasteiger partial charge in [0.2, 0.25) is 0 Å². The largest absolute Gasteiger partial charge is 0.479 e. The third kappa shape index (κ3) is 3.79. The number of ether oxygens (including phenoxy) is 1.